The second-order valence-corrected chi connectivity index (χ2v) is 4.32. The van der Waals surface area contributed by atoms with Crippen LogP contribution in [0.25, 0.3) is 0 Å². The molecule has 0 spiro atoms. The van der Waals surface area contributed by atoms with Gasteiger partial charge in [-0.1, -0.05) is 0 Å². The second kappa shape index (κ2) is 4.97. The van der Waals surface area contributed by atoms with Crippen molar-refractivity contribution in [3.05, 3.63) is 35.1 Å². The summed E-state index contributed by atoms with van der Waals surface area (Å²) in [7, 11) is 0. The standard InChI is InChI=1S/C12H12F3NO2/c13-8-5-10(15)9(14)4-7(8)6-16-3-1-2-11(16)12(17)18/h4-5,11H,1-3,6H2,(H,17,18). The van der Waals surface area contributed by atoms with E-state index in [1.54, 1.807) is 4.90 Å². The first-order valence-electron chi connectivity index (χ1n) is 5.59. The summed E-state index contributed by atoms with van der Waals surface area (Å²) in [4.78, 5) is 12.5. The molecule has 98 valence electrons. The topological polar surface area (TPSA) is 40.5 Å². The van der Waals surface area contributed by atoms with Crippen molar-refractivity contribution in [2.45, 2.75) is 25.4 Å². The first-order chi connectivity index (χ1) is 8.49. The maximum Gasteiger partial charge on any atom is 0.320 e. The Balaban J connectivity index is 2.19. The molecule has 1 atom stereocenters. The quantitative estimate of drug-likeness (QED) is 0.845. The molecule has 0 saturated carbocycles. The Labute approximate surface area is 102 Å². The molecule has 0 amide bonds. The molecule has 2 rings (SSSR count). The third-order valence-corrected chi connectivity index (χ3v) is 3.11. The van der Waals surface area contributed by atoms with Crippen LogP contribution < -0.4 is 0 Å². The highest BCUT2D eigenvalue weighted by Crippen LogP contribution is 2.22. The minimum absolute atomic E-state index is 0.0259. The number of aliphatic carboxylic acids is 1. The predicted molar refractivity (Wildman–Crippen MR) is 57.4 cm³/mol. The number of carboxylic acids is 1. The van der Waals surface area contributed by atoms with Crippen molar-refractivity contribution < 1.29 is 23.1 Å². The van der Waals surface area contributed by atoms with Gasteiger partial charge < -0.3 is 5.11 Å². The molecule has 0 aliphatic carbocycles. The highest BCUT2D eigenvalue weighted by molar-refractivity contribution is 5.73. The second-order valence-electron chi connectivity index (χ2n) is 4.32. The summed E-state index contributed by atoms with van der Waals surface area (Å²) >= 11 is 0. The van der Waals surface area contributed by atoms with Crippen LogP contribution in [0.5, 0.6) is 0 Å². The van der Waals surface area contributed by atoms with E-state index in [2.05, 4.69) is 0 Å². The SMILES string of the molecule is O=C(O)C1CCCN1Cc1cc(F)c(F)cc1F. The van der Waals surface area contributed by atoms with Gasteiger partial charge in [-0.15, -0.1) is 0 Å². The van der Waals surface area contributed by atoms with Gasteiger partial charge in [-0.05, 0) is 25.5 Å². The van der Waals surface area contributed by atoms with Gasteiger partial charge in [-0.25, -0.2) is 13.2 Å². The Morgan fingerprint density at radius 2 is 1.94 bits per heavy atom. The van der Waals surface area contributed by atoms with Gasteiger partial charge in [0.25, 0.3) is 0 Å². The zero-order chi connectivity index (χ0) is 13.3. The molecular formula is C12H12F3NO2. The van der Waals surface area contributed by atoms with Crippen LogP contribution in [0.1, 0.15) is 18.4 Å². The zero-order valence-corrected chi connectivity index (χ0v) is 9.50. The van der Waals surface area contributed by atoms with Crippen molar-refractivity contribution in [3.63, 3.8) is 0 Å². The third-order valence-electron chi connectivity index (χ3n) is 3.11. The van der Waals surface area contributed by atoms with Crippen molar-refractivity contribution in [2.24, 2.45) is 0 Å². The first kappa shape index (κ1) is 12.9. The third kappa shape index (κ3) is 2.48. The first-order valence-corrected chi connectivity index (χ1v) is 5.59. The minimum atomic E-state index is -1.24. The molecular weight excluding hydrogens is 247 g/mol. The number of likely N-dealkylation sites (tertiary alicyclic amines) is 1. The maximum atomic E-state index is 13.4. The van der Waals surface area contributed by atoms with Crippen LogP contribution >= 0.6 is 0 Å². The summed E-state index contributed by atoms with van der Waals surface area (Å²) in [5.74, 6) is -4.20. The van der Waals surface area contributed by atoms with Crippen LogP contribution in [0.4, 0.5) is 13.2 Å². The largest absolute Gasteiger partial charge is 0.480 e. The molecule has 1 saturated heterocycles. The van der Waals surface area contributed by atoms with Gasteiger partial charge in [0.1, 0.15) is 11.9 Å². The molecule has 1 N–H and O–H groups in total. The number of carbonyl (C=O) groups is 1. The van der Waals surface area contributed by atoms with Crippen LogP contribution in [-0.2, 0) is 11.3 Å². The number of nitrogens with zero attached hydrogens (tertiary/aromatic N) is 1. The summed E-state index contributed by atoms with van der Waals surface area (Å²) in [6, 6.07) is 0.579. The molecule has 0 aromatic heterocycles. The predicted octanol–water partition coefficient (Wildman–Crippen LogP) is 2.15. The number of hydrogen-bond donors (Lipinski definition) is 1. The summed E-state index contributed by atoms with van der Waals surface area (Å²) in [5.41, 5.74) is -0.0259. The van der Waals surface area contributed by atoms with E-state index in [-0.39, 0.29) is 12.1 Å². The lowest BCUT2D eigenvalue weighted by molar-refractivity contribution is -0.142. The Kier molecular flexibility index (Phi) is 3.56. The molecule has 1 aliphatic rings. The monoisotopic (exact) mass is 259 g/mol. The Morgan fingerprint density at radius 3 is 2.61 bits per heavy atom. The van der Waals surface area contributed by atoms with Crippen molar-refractivity contribution in [1.82, 2.24) is 4.90 Å². The fourth-order valence-corrected chi connectivity index (χ4v) is 2.20. The van der Waals surface area contributed by atoms with Gasteiger partial charge >= 0.3 is 5.97 Å². The summed E-state index contributed by atoms with van der Waals surface area (Å²) in [6.07, 6.45) is 1.18. The van der Waals surface area contributed by atoms with Crippen molar-refractivity contribution in [2.75, 3.05) is 6.54 Å². The summed E-state index contributed by atoms with van der Waals surface area (Å²) in [5, 5.41) is 8.96. The van der Waals surface area contributed by atoms with E-state index in [0.717, 1.165) is 6.07 Å². The maximum absolute atomic E-state index is 13.4. The number of carboxylic acid groups (broad SMARTS) is 1. The van der Waals surface area contributed by atoms with Crippen LogP contribution in [0.3, 0.4) is 0 Å². The van der Waals surface area contributed by atoms with Gasteiger partial charge in [0.2, 0.25) is 0 Å². The van der Waals surface area contributed by atoms with Gasteiger partial charge in [-0.2, -0.15) is 0 Å². The molecule has 1 aromatic rings. The van der Waals surface area contributed by atoms with E-state index < -0.39 is 29.5 Å². The smallest absolute Gasteiger partial charge is 0.320 e. The highest BCUT2D eigenvalue weighted by atomic mass is 19.2. The van der Waals surface area contributed by atoms with Gasteiger partial charge in [0, 0.05) is 18.2 Å². The zero-order valence-electron chi connectivity index (χ0n) is 9.50. The van der Waals surface area contributed by atoms with Crippen molar-refractivity contribution in [1.29, 1.82) is 0 Å². The van der Waals surface area contributed by atoms with Crippen molar-refractivity contribution >= 4 is 5.97 Å². The Morgan fingerprint density at radius 1 is 1.28 bits per heavy atom. The average molecular weight is 259 g/mol. The molecule has 1 fully saturated rings. The van der Waals surface area contributed by atoms with Crippen LogP contribution in [0, 0.1) is 17.5 Å². The lowest BCUT2D eigenvalue weighted by atomic mass is 10.1. The summed E-state index contributed by atoms with van der Waals surface area (Å²) in [6.45, 7) is 0.482. The molecule has 1 heterocycles. The van der Waals surface area contributed by atoms with Gasteiger partial charge in [-0.3, -0.25) is 9.69 Å². The fraction of sp³-hybridized carbons (Fsp3) is 0.417. The van der Waals surface area contributed by atoms with Gasteiger partial charge in [0.15, 0.2) is 11.6 Å². The van der Waals surface area contributed by atoms with Crippen molar-refractivity contribution in [3.8, 4) is 0 Å². The lowest BCUT2D eigenvalue weighted by Gasteiger charge is -2.21. The lowest BCUT2D eigenvalue weighted by Crippen LogP contribution is -2.35. The molecule has 1 aliphatic heterocycles. The van der Waals surface area contributed by atoms with Crippen LogP contribution in [-0.4, -0.2) is 28.6 Å². The van der Waals surface area contributed by atoms with Gasteiger partial charge in [0.05, 0.1) is 0 Å². The highest BCUT2D eigenvalue weighted by Gasteiger charge is 2.31. The van der Waals surface area contributed by atoms with Crippen LogP contribution in [0.2, 0.25) is 0 Å². The molecule has 0 bridgehead atoms. The Bertz CT molecular complexity index is 479. The van der Waals surface area contributed by atoms with E-state index in [1.165, 1.54) is 0 Å². The van der Waals surface area contributed by atoms with Crippen LogP contribution in [0.15, 0.2) is 12.1 Å². The molecule has 0 radical (unpaired) electrons. The van der Waals surface area contributed by atoms with E-state index in [4.69, 9.17) is 5.11 Å². The molecule has 18 heavy (non-hydrogen) atoms. The number of rotatable bonds is 3. The summed E-state index contributed by atoms with van der Waals surface area (Å²) < 4.78 is 39.2. The van der Waals surface area contributed by atoms with E-state index >= 15 is 0 Å². The van der Waals surface area contributed by atoms with E-state index in [0.29, 0.717) is 25.5 Å². The van der Waals surface area contributed by atoms with E-state index in [9.17, 15) is 18.0 Å². The molecule has 6 heteroatoms. The minimum Gasteiger partial charge on any atom is -0.480 e. The molecule has 3 nitrogen and oxygen atoms in total. The number of hydrogen-bond acceptors (Lipinski definition) is 2. The Hall–Kier alpha value is -1.56. The molecule has 1 aromatic carbocycles. The number of halogens is 3. The normalized spacial score (nSPS) is 20.3. The number of benzene rings is 1. The average Bonchev–Trinajstić information content (AvgIpc) is 2.74. The van der Waals surface area contributed by atoms with E-state index in [1.807, 2.05) is 0 Å². The fourth-order valence-electron chi connectivity index (χ4n) is 2.20. The molecule has 1 unspecified atom stereocenters.